The number of aliphatic hydroxyl groups excluding tert-OH is 4. The molecule has 0 spiro atoms. The summed E-state index contributed by atoms with van der Waals surface area (Å²) in [5.41, 5.74) is 1.63. The normalized spacial score (nSPS) is 16.0. The number of Topliss-reactive ketones (excluding diaryl/α,β-unsaturated/α-hetero) is 1. The van der Waals surface area contributed by atoms with Crippen molar-refractivity contribution in [3.05, 3.63) is 36.0 Å². The van der Waals surface area contributed by atoms with E-state index in [4.69, 9.17) is 5.11 Å². The van der Waals surface area contributed by atoms with Gasteiger partial charge in [0.15, 0.2) is 5.78 Å². The third kappa shape index (κ3) is 2.88. The number of aliphatic hydroxyl groups is 4. The van der Waals surface area contributed by atoms with E-state index in [2.05, 4.69) is 4.98 Å². The van der Waals surface area contributed by atoms with E-state index in [9.17, 15) is 20.1 Å². The molecule has 5 N–H and O–H groups in total. The molecule has 0 saturated carbocycles. The van der Waals surface area contributed by atoms with Gasteiger partial charge in [-0.3, -0.25) is 4.79 Å². The summed E-state index contributed by atoms with van der Waals surface area (Å²) in [6.07, 6.45) is -3.10. The average molecular weight is 279 g/mol. The molecule has 0 aliphatic heterocycles. The fourth-order valence-corrected chi connectivity index (χ4v) is 2.10. The van der Waals surface area contributed by atoms with Crippen LogP contribution < -0.4 is 0 Å². The molecule has 1 unspecified atom stereocenters. The lowest BCUT2D eigenvalue weighted by Crippen LogP contribution is -2.42. The minimum Gasteiger partial charge on any atom is -0.394 e. The zero-order valence-corrected chi connectivity index (χ0v) is 10.7. The SMILES string of the molecule is O=C(C(O)Cc1c[nH]c2ccccc12)[C@H](O)[C@@H](O)CO. The lowest BCUT2D eigenvalue weighted by Gasteiger charge is -2.17. The van der Waals surface area contributed by atoms with Gasteiger partial charge in [-0.1, -0.05) is 18.2 Å². The molecule has 20 heavy (non-hydrogen) atoms. The molecular formula is C14H17NO5. The summed E-state index contributed by atoms with van der Waals surface area (Å²) in [5.74, 6) is -0.906. The summed E-state index contributed by atoms with van der Waals surface area (Å²) >= 11 is 0. The Morgan fingerprint density at radius 2 is 1.90 bits per heavy atom. The minimum absolute atomic E-state index is 0.0258. The lowest BCUT2D eigenvalue weighted by molar-refractivity contribution is -0.143. The van der Waals surface area contributed by atoms with Gasteiger partial charge in [0.25, 0.3) is 0 Å². The number of fused-ring (bicyclic) bond motifs is 1. The quantitative estimate of drug-likeness (QED) is 0.482. The second-order valence-corrected chi connectivity index (χ2v) is 4.68. The second kappa shape index (κ2) is 6.15. The van der Waals surface area contributed by atoms with Crippen molar-refractivity contribution in [3.8, 4) is 0 Å². The fraction of sp³-hybridized carbons (Fsp3) is 0.357. The largest absolute Gasteiger partial charge is 0.394 e. The number of hydrogen-bond donors (Lipinski definition) is 5. The number of ketones is 1. The molecule has 0 radical (unpaired) electrons. The van der Waals surface area contributed by atoms with Crippen LogP contribution in [0.15, 0.2) is 30.5 Å². The van der Waals surface area contributed by atoms with Gasteiger partial charge >= 0.3 is 0 Å². The number of para-hydroxylation sites is 1. The van der Waals surface area contributed by atoms with Gasteiger partial charge in [0.05, 0.1) is 6.61 Å². The molecule has 0 amide bonds. The molecule has 1 heterocycles. The van der Waals surface area contributed by atoms with Gasteiger partial charge in [-0.2, -0.15) is 0 Å². The Labute approximate surface area is 115 Å². The highest BCUT2D eigenvalue weighted by molar-refractivity contribution is 5.89. The smallest absolute Gasteiger partial charge is 0.192 e. The number of nitrogens with one attached hydrogen (secondary N) is 1. The zero-order chi connectivity index (χ0) is 14.7. The van der Waals surface area contributed by atoms with Crippen molar-refractivity contribution in [2.24, 2.45) is 0 Å². The van der Waals surface area contributed by atoms with Gasteiger partial charge in [0.2, 0.25) is 0 Å². The summed E-state index contributed by atoms with van der Waals surface area (Å²) in [7, 11) is 0. The number of aromatic nitrogens is 1. The summed E-state index contributed by atoms with van der Waals surface area (Å²) in [6.45, 7) is -0.743. The molecule has 1 aromatic heterocycles. The van der Waals surface area contributed by atoms with Crippen LogP contribution in [0, 0.1) is 0 Å². The molecule has 0 fully saturated rings. The van der Waals surface area contributed by atoms with E-state index in [1.54, 1.807) is 6.20 Å². The lowest BCUT2D eigenvalue weighted by atomic mass is 9.99. The van der Waals surface area contributed by atoms with Crippen LogP contribution >= 0.6 is 0 Å². The van der Waals surface area contributed by atoms with E-state index in [0.717, 1.165) is 16.5 Å². The molecule has 0 aliphatic carbocycles. The molecular weight excluding hydrogens is 262 g/mol. The van der Waals surface area contributed by atoms with Crippen LogP contribution in [0.3, 0.4) is 0 Å². The van der Waals surface area contributed by atoms with Crippen molar-refractivity contribution in [2.75, 3.05) is 6.61 Å². The van der Waals surface area contributed by atoms with Gasteiger partial charge < -0.3 is 25.4 Å². The van der Waals surface area contributed by atoms with Crippen molar-refractivity contribution in [2.45, 2.75) is 24.7 Å². The Morgan fingerprint density at radius 3 is 2.60 bits per heavy atom. The Morgan fingerprint density at radius 1 is 1.20 bits per heavy atom. The van der Waals surface area contributed by atoms with Gasteiger partial charge in [0.1, 0.15) is 18.3 Å². The Hall–Kier alpha value is -1.73. The van der Waals surface area contributed by atoms with Crippen LogP contribution in [0.4, 0.5) is 0 Å². The Bertz CT molecular complexity index is 594. The number of aromatic amines is 1. The first-order valence-corrected chi connectivity index (χ1v) is 6.28. The van der Waals surface area contributed by atoms with Crippen molar-refractivity contribution in [3.63, 3.8) is 0 Å². The minimum atomic E-state index is -1.79. The highest BCUT2D eigenvalue weighted by Gasteiger charge is 2.29. The molecule has 2 aromatic rings. The molecule has 2 rings (SSSR count). The van der Waals surface area contributed by atoms with Crippen molar-refractivity contribution in [1.29, 1.82) is 0 Å². The van der Waals surface area contributed by atoms with Crippen LogP contribution in [0.5, 0.6) is 0 Å². The number of hydrogen-bond acceptors (Lipinski definition) is 5. The van der Waals surface area contributed by atoms with Gasteiger partial charge in [0, 0.05) is 23.5 Å². The van der Waals surface area contributed by atoms with E-state index in [1.807, 2.05) is 24.3 Å². The van der Waals surface area contributed by atoms with Crippen LogP contribution in [-0.4, -0.2) is 56.1 Å². The number of benzene rings is 1. The topological polar surface area (TPSA) is 114 Å². The monoisotopic (exact) mass is 279 g/mol. The van der Waals surface area contributed by atoms with Crippen molar-refractivity contribution >= 4 is 16.7 Å². The summed E-state index contributed by atoms with van der Waals surface area (Å²) in [5, 5.41) is 38.1. The molecule has 0 aliphatic rings. The van der Waals surface area contributed by atoms with E-state index < -0.39 is 30.7 Å². The Kier molecular flexibility index (Phi) is 4.51. The first-order chi connectivity index (χ1) is 9.54. The highest BCUT2D eigenvalue weighted by Crippen LogP contribution is 2.19. The highest BCUT2D eigenvalue weighted by atomic mass is 16.4. The molecule has 0 bridgehead atoms. The van der Waals surface area contributed by atoms with Crippen LogP contribution in [0.2, 0.25) is 0 Å². The maximum absolute atomic E-state index is 11.7. The summed E-state index contributed by atoms with van der Waals surface area (Å²) in [6, 6.07) is 7.44. The van der Waals surface area contributed by atoms with Crippen molar-refractivity contribution < 1.29 is 25.2 Å². The molecule has 108 valence electrons. The molecule has 1 aromatic carbocycles. The fourth-order valence-electron chi connectivity index (χ4n) is 2.10. The standard InChI is InChI=1S/C14H17NO5/c16-7-12(18)14(20)13(19)11(17)5-8-6-15-10-4-2-1-3-9(8)10/h1-4,6,11-12,14-18,20H,5,7H2/t11?,12-,14+/m0/s1. The van der Waals surface area contributed by atoms with E-state index in [-0.39, 0.29) is 6.42 Å². The number of rotatable bonds is 6. The predicted molar refractivity (Wildman–Crippen MR) is 72.1 cm³/mol. The van der Waals surface area contributed by atoms with Crippen LogP contribution in [0.25, 0.3) is 10.9 Å². The predicted octanol–water partition coefficient (Wildman–Crippen LogP) is -0.645. The third-order valence-corrected chi connectivity index (χ3v) is 3.26. The molecule has 6 nitrogen and oxygen atoms in total. The number of carbonyl (C=O) groups excluding carboxylic acids is 1. The van der Waals surface area contributed by atoms with Crippen LogP contribution in [-0.2, 0) is 11.2 Å². The average Bonchev–Trinajstić information content (AvgIpc) is 2.88. The van der Waals surface area contributed by atoms with E-state index in [1.165, 1.54) is 0 Å². The van der Waals surface area contributed by atoms with Gasteiger partial charge in [-0.05, 0) is 11.6 Å². The Balaban J connectivity index is 2.11. The third-order valence-electron chi connectivity index (χ3n) is 3.26. The summed E-state index contributed by atoms with van der Waals surface area (Å²) in [4.78, 5) is 14.7. The van der Waals surface area contributed by atoms with Crippen LogP contribution in [0.1, 0.15) is 5.56 Å². The molecule has 3 atom stereocenters. The zero-order valence-electron chi connectivity index (χ0n) is 10.7. The first-order valence-electron chi connectivity index (χ1n) is 6.28. The van der Waals surface area contributed by atoms with E-state index >= 15 is 0 Å². The molecule has 0 saturated heterocycles. The summed E-state index contributed by atoms with van der Waals surface area (Å²) < 4.78 is 0. The maximum Gasteiger partial charge on any atom is 0.192 e. The van der Waals surface area contributed by atoms with Crippen molar-refractivity contribution in [1.82, 2.24) is 4.98 Å². The first kappa shape index (κ1) is 14.7. The van der Waals surface area contributed by atoms with Gasteiger partial charge in [-0.15, -0.1) is 0 Å². The second-order valence-electron chi connectivity index (χ2n) is 4.68. The van der Waals surface area contributed by atoms with E-state index in [0.29, 0.717) is 0 Å². The molecule has 6 heteroatoms. The number of carbonyl (C=O) groups is 1. The number of H-pyrrole nitrogens is 1. The van der Waals surface area contributed by atoms with Gasteiger partial charge in [-0.25, -0.2) is 0 Å². The maximum atomic E-state index is 11.7.